The van der Waals surface area contributed by atoms with Gasteiger partial charge in [-0.15, -0.1) is 0 Å². The molecule has 0 saturated carbocycles. The first-order chi connectivity index (χ1) is 15.4. The standard InChI is InChI=1S/C24H23N3O3S2/c1-32(29,30)20-8-9-21-22(16-20)31-24(25-21)27-12-10-26(11-13-27)23(28)15-17-6-7-18-4-2-3-5-19(18)14-17/h2-9,14,16H,10-13,15H2,1H3. The van der Waals surface area contributed by atoms with Gasteiger partial charge in [0.15, 0.2) is 15.0 Å². The van der Waals surface area contributed by atoms with Crippen LogP contribution in [0.5, 0.6) is 0 Å². The van der Waals surface area contributed by atoms with Crippen LogP contribution in [-0.2, 0) is 21.1 Å². The van der Waals surface area contributed by atoms with Crippen LogP contribution in [0.4, 0.5) is 5.13 Å². The molecule has 32 heavy (non-hydrogen) atoms. The number of benzene rings is 3. The Kier molecular flexibility index (Phi) is 5.35. The predicted molar refractivity (Wildman–Crippen MR) is 129 cm³/mol. The number of aromatic nitrogens is 1. The molecule has 6 nitrogen and oxygen atoms in total. The van der Waals surface area contributed by atoms with Gasteiger partial charge in [0.25, 0.3) is 0 Å². The van der Waals surface area contributed by atoms with Crippen LogP contribution in [0.15, 0.2) is 65.6 Å². The fraction of sp³-hybridized carbons (Fsp3) is 0.250. The van der Waals surface area contributed by atoms with Crippen molar-refractivity contribution in [1.82, 2.24) is 9.88 Å². The summed E-state index contributed by atoms with van der Waals surface area (Å²) in [6.07, 6.45) is 1.62. The molecule has 1 saturated heterocycles. The number of thiazole rings is 1. The molecule has 0 spiro atoms. The van der Waals surface area contributed by atoms with Crippen LogP contribution in [0, 0.1) is 0 Å². The molecule has 1 aliphatic rings. The van der Waals surface area contributed by atoms with E-state index >= 15 is 0 Å². The van der Waals surface area contributed by atoms with Gasteiger partial charge in [0.05, 0.1) is 21.5 Å². The van der Waals surface area contributed by atoms with Crippen molar-refractivity contribution in [1.29, 1.82) is 0 Å². The van der Waals surface area contributed by atoms with E-state index in [4.69, 9.17) is 0 Å². The van der Waals surface area contributed by atoms with E-state index in [1.165, 1.54) is 23.0 Å². The van der Waals surface area contributed by atoms with Crippen molar-refractivity contribution in [3.05, 3.63) is 66.2 Å². The highest BCUT2D eigenvalue weighted by molar-refractivity contribution is 7.90. The SMILES string of the molecule is CS(=O)(=O)c1ccc2nc(N3CCN(C(=O)Cc4ccc5ccccc5c4)CC3)sc2c1. The van der Waals surface area contributed by atoms with Gasteiger partial charge in [0, 0.05) is 32.4 Å². The highest BCUT2D eigenvalue weighted by Gasteiger charge is 2.23. The molecule has 1 amide bonds. The van der Waals surface area contributed by atoms with Crippen molar-refractivity contribution in [2.45, 2.75) is 11.3 Å². The molecule has 0 unspecified atom stereocenters. The molecule has 5 rings (SSSR count). The Morgan fingerprint density at radius 2 is 1.72 bits per heavy atom. The lowest BCUT2D eigenvalue weighted by Gasteiger charge is -2.34. The lowest BCUT2D eigenvalue weighted by Crippen LogP contribution is -2.49. The minimum atomic E-state index is -3.24. The van der Waals surface area contributed by atoms with E-state index in [1.807, 2.05) is 23.1 Å². The van der Waals surface area contributed by atoms with E-state index in [0.29, 0.717) is 37.5 Å². The Morgan fingerprint density at radius 1 is 0.969 bits per heavy atom. The molecule has 164 valence electrons. The minimum absolute atomic E-state index is 0.141. The molecule has 1 fully saturated rings. The molecule has 0 aliphatic carbocycles. The number of carbonyl (C=O) groups excluding carboxylic acids is 1. The normalized spacial score (nSPS) is 14.9. The van der Waals surface area contributed by atoms with Crippen molar-refractivity contribution in [2.24, 2.45) is 0 Å². The number of amides is 1. The average Bonchev–Trinajstić information content (AvgIpc) is 3.22. The zero-order chi connectivity index (χ0) is 22.3. The van der Waals surface area contributed by atoms with Crippen LogP contribution in [0.1, 0.15) is 5.56 Å². The van der Waals surface area contributed by atoms with Gasteiger partial charge in [-0.3, -0.25) is 4.79 Å². The van der Waals surface area contributed by atoms with Crippen molar-refractivity contribution >= 4 is 53.2 Å². The fourth-order valence-electron chi connectivity index (χ4n) is 4.04. The van der Waals surface area contributed by atoms with E-state index < -0.39 is 9.84 Å². The summed E-state index contributed by atoms with van der Waals surface area (Å²) in [6.45, 7) is 2.72. The lowest BCUT2D eigenvalue weighted by molar-refractivity contribution is -0.130. The number of hydrogen-bond donors (Lipinski definition) is 0. The van der Waals surface area contributed by atoms with E-state index in [1.54, 1.807) is 18.2 Å². The van der Waals surface area contributed by atoms with Gasteiger partial charge in [-0.1, -0.05) is 53.8 Å². The monoisotopic (exact) mass is 465 g/mol. The van der Waals surface area contributed by atoms with Crippen LogP contribution in [0.2, 0.25) is 0 Å². The molecule has 8 heteroatoms. The van der Waals surface area contributed by atoms with Crippen molar-refractivity contribution < 1.29 is 13.2 Å². The number of hydrogen-bond acceptors (Lipinski definition) is 6. The molecule has 0 N–H and O–H groups in total. The Morgan fingerprint density at radius 3 is 2.47 bits per heavy atom. The summed E-state index contributed by atoms with van der Waals surface area (Å²) in [6, 6.07) is 19.4. The van der Waals surface area contributed by atoms with E-state index in [9.17, 15) is 13.2 Å². The Labute approximate surface area is 191 Å². The molecule has 3 aromatic carbocycles. The maximum atomic E-state index is 12.9. The Bertz CT molecular complexity index is 1420. The summed E-state index contributed by atoms with van der Waals surface area (Å²) in [7, 11) is -3.24. The molecule has 2 heterocycles. The van der Waals surface area contributed by atoms with Crippen molar-refractivity contribution in [3.63, 3.8) is 0 Å². The quantitative estimate of drug-likeness (QED) is 0.459. The van der Waals surface area contributed by atoms with Gasteiger partial charge in [0.2, 0.25) is 5.91 Å². The van der Waals surface area contributed by atoms with E-state index in [0.717, 1.165) is 26.3 Å². The summed E-state index contributed by atoms with van der Waals surface area (Å²) in [4.78, 5) is 21.9. The fourth-order valence-corrected chi connectivity index (χ4v) is 5.82. The second-order valence-corrected chi connectivity index (χ2v) is 11.1. The third kappa shape index (κ3) is 4.20. The number of fused-ring (bicyclic) bond motifs is 2. The van der Waals surface area contributed by atoms with Crippen molar-refractivity contribution in [2.75, 3.05) is 37.3 Å². The smallest absolute Gasteiger partial charge is 0.227 e. The van der Waals surface area contributed by atoms with Gasteiger partial charge in [-0.2, -0.15) is 0 Å². The molecule has 4 aromatic rings. The number of rotatable bonds is 4. The number of nitrogens with zero attached hydrogens (tertiary/aromatic N) is 3. The van der Waals surface area contributed by atoms with Gasteiger partial charge in [0.1, 0.15) is 0 Å². The summed E-state index contributed by atoms with van der Waals surface area (Å²) in [5.41, 5.74) is 1.83. The highest BCUT2D eigenvalue weighted by Crippen LogP contribution is 2.31. The summed E-state index contributed by atoms with van der Waals surface area (Å²) in [5, 5.41) is 3.20. The first-order valence-corrected chi connectivity index (χ1v) is 13.2. The van der Waals surface area contributed by atoms with Gasteiger partial charge >= 0.3 is 0 Å². The molecule has 1 aromatic heterocycles. The largest absolute Gasteiger partial charge is 0.345 e. The third-order valence-electron chi connectivity index (χ3n) is 5.85. The highest BCUT2D eigenvalue weighted by atomic mass is 32.2. The second-order valence-electron chi connectivity index (χ2n) is 8.12. The van der Waals surface area contributed by atoms with Crippen LogP contribution >= 0.6 is 11.3 Å². The Balaban J connectivity index is 1.24. The topological polar surface area (TPSA) is 70.6 Å². The van der Waals surface area contributed by atoms with E-state index in [-0.39, 0.29) is 5.91 Å². The number of carbonyl (C=O) groups is 1. The molecule has 0 bridgehead atoms. The minimum Gasteiger partial charge on any atom is -0.345 e. The maximum Gasteiger partial charge on any atom is 0.227 e. The third-order valence-corrected chi connectivity index (χ3v) is 8.04. The lowest BCUT2D eigenvalue weighted by atomic mass is 10.0. The van der Waals surface area contributed by atoms with Crippen LogP contribution < -0.4 is 4.90 Å². The zero-order valence-electron chi connectivity index (χ0n) is 17.7. The number of piperazine rings is 1. The van der Waals surface area contributed by atoms with Gasteiger partial charge < -0.3 is 9.80 Å². The van der Waals surface area contributed by atoms with Crippen LogP contribution in [0.3, 0.4) is 0 Å². The maximum absolute atomic E-state index is 12.9. The Hall–Kier alpha value is -2.97. The summed E-state index contributed by atoms with van der Waals surface area (Å²) in [5.74, 6) is 0.141. The molecule has 0 atom stereocenters. The average molecular weight is 466 g/mol. The van der Waals surface area contributed by atoms with Crippen molar-refractivity contribution in [3.8, 4) is 0 Å². The summed E-state index contributed by atoms with van der Waals surface area (Å²) >= 11 is 1.49. The first-order valence-electron chi connectivity index (χ1n) is 10.5. The van der Waals surface area contributed by atoms with Gasteiger partial charge in [-0.25, -0.2) is 13.4 Å². The predicted octanol–water partition coefficient (Wildman–Crippen LogP) is 3.74. The summed E-state index contributed by atoms with van der Waals surface area (Å²) < 4.78 is 24.5. The van der Waals surface area contributed by atoms with Gasteiger partial charge in [-0.05, 0) is 34.5 Å². The second kappa shape index (κ2) is 8.18. The zero-order valence-corrected chi connectivity index (χ0v) is 19.3. The number of anilines is 1. The van der Waals surface area contributed by atoms with Crippen LogP contribution in [-0.4, -0.2) is 56.6 Å². The van der Waals surface area contributed by atoms with E-state index in [2.05, 4.69) is 34.1 Å². The first kappa shape index (κ1) is 20.9. The number of sulfone groups is 1. The molecular formula is C24H23N3O3S2. The molecular weight excluding hydrogens is 442 g/mol. The van der Waals surface area contributed by atoms with Crippen LogP contribution in [0.25, 0.3) is 21.0 Å². The molecule has 1 aliphatic heterocycles. The molecule has 0 radical (unpaired) electrons.